The molecule has 2 N–H and O–H groups in total. The maximum absolute atomic E-state index is 14.2. The molecule has 0 aliphatic carbocycles. The second kappa shape index (κ2) is 8.00. The molecule has 3 unspecified atom stereocenters. The average molecular weight is 418 g/mol. The molecule has 1 aromatic rings. The number of hydrogen-bond acceptors (Lipinski definition) is 5. The van der Waals surface area contributed by atoms with Crippen molar-refractivity contribution in [2.24, 2.45) is 10.7 Å². The molecular formula is C19H23F5N4O. The summed E-state index contributed by atoms with van der Waals surface area (Å²) in [6.07, 6.45) is -8.51. The number of halogens is 5. The highest BCUT2D eigenvalue weighted by Gasteiger charge is 2.53. The van der Waals surface area contributed by atoms with Gasteiger partial charge in [-0.25, -0.2) is 8.78 Å². The fourth-order valence-corrected chi connectivity index (χ4v) is 3.69. The van der Waals surface area contributed by atoms with E-state index < -0.39 is 42.1 Å². The predicted octanol–water partition coefficient (Wildman–Crippen LogP) is 3.19. The first kappa shape index (κ1) is 21.7. The van der Waals surface area contributed by atoms with Gasteiger partial charge in [-0.3, -0.25) is 9.89 Å². The molecule has 2 heterocycles. The Morgan fingerprint density at radius 1 is 1.28 bits per heavy atom. The number of benzene rings is 1. The standard InChI is InChI=1S/C19H23F5N4O/c1-10-8-28(9-26-11(2)27(10)3)16-7-15(25)17(29-18(16)19(22,23)24)13-6-12(20)4-5-14(13)21/h4-6,15-18H,1,7-9,25H2,2-3H3/t15?,16?,17-,18?/m1/s1. The summed E-state index contributed by atoms with van der Waals surface area (Å²) in [7, 11) is 1.73. The van der Waals surface area contributed by atoms with Crippen LogP contribution in [0, 0.1) is 11.6 Å². The lowest BCUT2D eigenvalue weighted by Crippen LogP contribution is -2.59. The van der Waals surface area contributed by atoms with Crippen LogP contribution in [0.25, 0.3) is 0 Å². The van der Waals surface area contributed by atoms with E-state index in [0.717, 1.165) is 18.2 Å². The van der Waals surface area contributed by atoms with E-state index in [1.807, 2.05) is 0 Å². The first-order valence-electron chi connectivity index (χ1n) is 9.08. The van der Waals surface area contributed by atoms with Gasteiger partial charge in [-0.15, -0.1) is 0 Å². The van der Waals surface area contributed by atoms with E-state index in [4.69, 9.17) is 10.5 Å². The lowest BCUT2D eigenvalue weighted by atomic mass is 9.89. The first-order valence-corrected chi connectivity index (χ1v) is 9.08. The van der Waals surface area contributed by atoms with Gasteiger partial charge in [-0.2, -0.15) is 13.2 Å². The van der Waals surface area contributed by atoms with E-state index in [2.05, 4.69) is 11.6 Å². The summed E-state index contributed by atoms with van der Waals surface area (Å²) in [5.41, 5.74) is 6.34. The van der Waals surface area contributed by atoms with Crippen molar-refractivity contribution < 1.29 is 26.7 Å². The summed E-state index contributed by atoms with van der Waals surface area (Å²) in [4.78, 5) is 7.50. The lowest BCUT2D eigenvalue weighted by Gasteiger charge is -2.45. The van der Waals surface area contributed by atoms with Crippen molar-refractivity contribution in [3.05, 3.63) is 47.7 Å². The molecule has 0 saturated carbocycles. The summed E-state index contributed by atoms with van der Waals surface area (Å²) < 4.78 is 74.6. The maximum atomic E-state index is 14.2. The highest BCUT2D eigenvalue weighted by molar-refractivity contribution is 5.81. The van der Waals surface area contributed by atoms with Gasteiger partial charge in [0.15, 0.2) is 6.10 Å². The molecule has 1 aromatic carbocycles. The Labute approximate surface area is 165 Å². The zero-order valence-electron chi connectivity index (χ0n) is 16.1. The van der Waals surface area contributed by atoms with Gasteiger partial charge in [0.25, 0.3) is 0 Å². The Bertz CT molecular complexity index is 812. The van der Waals surface area contributed by atoms with Crippen LogP contribution in [0.2, 0.25) is 0 Å². The minimum absolute atomic E-state index is 0.0154. The van der Waals surface area contributed by atoms with Crippen molar-refractivity contribution >= 4 is 5.84 Å². The monoisotopic (exact) mass is 418 g/mol. The highest BCUT2D eigenvalue weighted by Crippen LogP contribution is 2.41. The van der Waals surface area contributed by atoms with Gasteiger partial charge in [-0.05, 0) is 31.5 Å². The molecule has 160 valence electrons. The molecule has 29 heavy (non-hydrogen) atoms. The molecule has 2 aliphatic heterocycles. The van der Waals surface area contributed by atoms with Crippen LogP contribution >= 0.6 is 0 Å². The number of nitrogens with zero attached hydrogens (tertiary/aromatic N) is 3. The summed E-state index contributed by atoms with van der Waals surface area (Å²) in [6, 6.07) is 0.453. The fourth-order valence-electron chi connectivity index (χ4n) is 3.69. The third-order valence-electron chi connectivity index (χ3n) is 5.43. The van der Waals surface area contributed by atoms with E-state index in [0.29, 0.717) is 11.5 Å². The van der Waals surface area contributed by atoms with Gasteiger partial charge in [0.1, 0.15) is 23.6 Å². The molecule has 4 atom stereocenters. The third kappa shape index (κ3) is 4.44. The second-order valence-electron chi connectivity index (χ2n) is 7.37. The maximum Gasteiger partial charge on any atom is 0.416 e. The van der Waals surface area contributed by atoms with Gasteiger partial charge in [-0.1, -0.05) is 6.58 Å². The second-order valence-corrected chi connectivity index (χ2v) is 7.37. The molecule has 0 spiro atoms. The SMILES string of the molecule is C=C1CN(C2CC(N)[C@@H](c3cc(F)ccc3F)OC2C(F)(F)F)CN=C(C)N1C. The Hall–Kier alpha value is -2.04. The van der Waals surface area contributed by atoms with Crippen molar-refractivity contribution in [3.8, 4) is 0 Å². The number of alkyl halides is 3. The number of nitrogens with two attached hydrogens (primary N) is 1. The predicted molar refractivity (Wildman–Crippen MR) is 98.0 cm³/mol. The molecule has 5 nitrogen and oxygen atoms in total. The van der Waals surface area contributed by atoms with E-state index in [1.54, 1.807) is 18.9 Å². The van der Waals surface area contributed by atoms with Crippen LogP contribution in [0.4, 0.5) is 22.0 Å². The van der Waals surface area contributed by atoms with E-state index in [-0.39, 0.29) is 25.2 Å². The van der Waals surface area contributed by atoms with Crippen molar-refractivity contribution in [1.82, 2.24) is 9.80 Å². The molecule has 3 rings (SSSR count). The Morgan fingerprint density at radius 3 is 2.62 bits per heavy atom. The number of ether oxygens (including phenoxy) is 1. The summed E-state index contributed by atoms with van der Waals surface area (Å²) >= 11 is 0. The fraction of sp³-hybridized carbons (Fsp3) is 0.526. The van der Waals surface area contributed by atoms with Gasteiger partial charge < -0.3 is 15.4 Å². The van der Waals surface area contributed by atoms with E-state index in [9.17, 15) is 22.0 Å². The van der Waals surface area contributed by atoms with E-state index >= 15 is 0 Å². The molecule has 0 radical (unpaired) electrons. The Balaban J connectivity index is 1.92. The summed E-state index contributed by atoms with van der Waals surface area (Å²) in [6.45, 7) is 5.80. The van der Waals surface area contributed by atoms with E-state index in [1.165, 1.54) is 4.90 Å². The highest BCUT2D eigenvalue weighted by atomic mass is 19.4. The zero-order valence-corrected chi connectivity index (χ0v) is 16.1. The largest absolute Gasteiger partial charge is 0.416 e. The molecule has 10 heteroatoms. The first-order chi connectivity index (χ1) is 13.5. The van der Waals surface area contributed by atoms with Crippen molar-refractivity contribution in [3.63, 3.8) is 0 Å². The minimum atomic E-state index is -4.73. The van der Waals surface area contributed by atoms with Crippen molar-refractivity contribution in [1.29, 1.82) is 0 Å². The number of amidine groups is 1. The zero-order chi connectivity index (χ0) is 21.5. The van der Waals surface area contributed by atoms with Crippen LogP contribution in [0.15, 0.2) is 35.5 Å². The third-order valence-corrected chi connectivity index (χ3v) is 5.43. The number of rotatable bonds is 2. The quantitative estimate of drug-likeness (QED) is 0.750. The topological polar surface area (TPSA) is 54.1 Å². The summed E-state index contributed by atoms with van der Waals surface area (Å²) in [5.74, 6) is -1.02. The molecule has 0 amide bonds. The lowest BCUT2D eigenvalue weighted by molar-refractivity contribution is -0.268. The van der Waals surface area contributed by atoms with Crippen LogP contribution in [0.1, 0.15) is 25.0 Å². The molecule has 0 bridgehead atoms. The Kier molecular flexibility index (Phi) is 5.98. The molecule has 0 aromatic heterocycles. The molecular weight excluding hydrogens is 395 g/mol. The van der Waals surface area contributed by atoms with Crippen LogP contribution in [0.3, 0.4) is 0 Å². The van der Waals surface area contributed by atoms with Gasteiger partial charge in [0.05, 0.1) is 6.67 Å². The average Bonchev–Trinajstić information content (AvgIpc) is 2.76. The minimum Gasteiger partial charge on any atom is -0.357 e. The van der Waals surface area contributed by atoms with Crippen LogP contribution in [0.5, 0.6) is 0 Å². The molecule has 2 aliphatic rings. The Morgan fingerprint density at radius 2 is 1.97 bits per heavy atom. The van der Waals surface area contributed by atoms with Crippen molar-refractivity contribution in [2.45, 2.75) is 43.8 Å². The van der Waals surface area contributed by atoms with Gasteiger partial charge in [0.2, 0.25) is 0 Å². The van der Waals surface area contributed by atoms with Crippen LogP contribution in [-0.4, -0.2) is 60.3 Å². The van der Waals surface area contributed by atoms with Crippen LogP contribution in [-0.2, 0) is 4.74 Å². The number of aliphatic imine (C=N–C) groups is 1. The summed E-state index contributed by atoms with van der Waals surface area (Å²) in [5, 5.41) is 0. The van der Waals surface area contributed by atoms with Crippen molar-refractivity contribution in [2.75, 3.05) is 20.3 Å². The van der Waals surface area contributed by atoms with Gasteiger partial charge >= 0.3 is 6.18 Å². The molecule has 1 saturated heterocycles. The molecule has 1 fully saturated rings. The van der Waals surface area contributed by atoms with Crippen LogP contribution < -0.4 is 5.73 Å². The smallest absolute Gasteiger partial charge is 0.357 e. The normalized spacial score (nSPS) is 29.6. The number of hydrogen-bond donors (Lipinski definition) is 1. The number of likely N-dealkylation sites (N-methyl/N-ethyl adjacent to an activating group) is 1. The van der Waals surface area contributed by atoms with Gasteiger partial charge in [0, 0.05) is 36.9 Å².